The van der Waals surface area contributed by atoms with Gasteiger partial charge < -0.3 is 5.32 Å². The van der Waals surface area contributed by atoms with Gasteiger partial charge in [0.15, 0.2) is 0 Å². The van der Waals surface area contributed by atoms with Gasteiger partial charge in [-0.25, -0.2) is 0 Å². The van der Waals surface area contributed by atoms with Crippen LogP contribution in [0.1, 0.15) is 36.5 Å². The molecule has 16 heavy (non-hydrogen) atoms. The van der Waals surface area contributed by atoms with Crippen LogP contribution in [0.3, 0.4) is 0 Å². The number of rotatable bonds is 4. The van der Waals surface area contributed by atoms with Crippen LogP contribution in [0.2, 0.25) is 0 Å². The molecule has 86 valence electrons. The highest BCUT2D eigenvalue weighted by Crippen LogP contribution is 2.34. The summed E-state index contributed by atoms with van der Waals surface area (Å²) in [5.74, 6) is 0.673. The van der Waals surface area contributed by atoms with Crippen molar-refractivity contribution in [1.29, 1.82) is 0 Å². The lowest BCUT2D eigenvalue weighted by Gasteiger charge is -2.04. The Labute approximate surface area is 104 Å². The number of pyridine rings is 1. The van der Waals surface area contributed by atoms with Crippen molar-refractivity contribution in [2.75, 3.05) is 0 Å². The molecule has 2 unspecified atom stereocenters. The van der Waals surface area contributed by atoms with Crippen molar-refractivity contribution in [2.24, 2.45) is 5.92 Å². The Morgan fingerprint density at radius 1 is 1.62 bits per heavy atom. The molecule has 4 heteroatoms. The topological polar surface area (TPSA) is 42.0 Å². The Bertz CT molecular complexity index is 394. The summed E-state index contributed by atoms with van der Waals surface area (Å²) in [5.41, 5.74) is 0.622. The van der Waals surface area contributed by atoms with Gasteiger partial charge in [0, 0.05) is 22.9 Å². The number of hydrogen-bond acceptors (Lipinski definition) is 2. The Balaban J connectivity index is 1.90. The summed E-state index contributed by atoms with van der Waals surface area (Å²) in [5, 5.41) is 3.03. The lowest BCUT2D eigenvalue weighted by atomic mass is 10.2. The molecule has 0 radical (unpaired) electrons. The van der Waals surface area contributed by atoms with Crippen molar-refractivity contribution in [1.82, 2.24) is 10.3 Å². The Hall–Kier alpha value is -0.900. The van der Waals surface area contributed by atoms with Crippen LogP contribution in [0, 0.1) is 5.92 Å². The van der Waals surface area contributed by atoms with Gasteiger partial charge >= 0.3 is 0 Å². The van der Waals surface area contributed by atoms with Gasteiger partial charge in [0.2, 0.25) is 0 Å². The van der Waals surface area contributed by atoms with Gasteiger partial charge in [0.05, 0.1) is 5.56 Å². The number of hydrogen-bond donors (Lipinski definition) is 1. The fourth-order valence-corrected chi connectivity index (χ4v) is 2.27. The molecule has 0 aliphatic heterocycles. The lowest BCUT2D eigenvalue weighted by Crippen LogP contribution is -2.26. The van der Waals surface area contributed by atoms with E-state index >= 15 is 0 Å². The van der Waals surface area contributed by atoms with Gasteiger partial charge in [-0.3, -0.25) is 9.78 Å². The van der Waals surface area contributed by atoms with Crippen molar-refractivity contribution < 1.29 is 4.79 Å². The molecule has 1 amide bonds. The lowest BCUT2D eigenvalue weighted by molar-refractivity contribution is 0.0948. The van der Waals surface area contributed by atoms with Crippen LogP contribution >= 0.6 is 15.9 Å². The van der Waals surface area contributed by atoms with Crippen LogP contribution in [0.25, 0.3) is 0 Å². The molecule has 1 aliphatic carbocycles. The number of halogens is 1. The average molecular weight is 283 g/mol. The highest BCUT2D eigenvalue weighted by atomic mass is 79.9. The van der Waals surface area contributed by atoms with Gasteiger partial charge in [-0.05, 0) is 40.8 Å². The molecule has 1 heterocycles. The molecule has 2 rings (SSSR count). The molecule has 2 atom stereocenters. The van der Waals surface area contributed by atoms with E-state index in [0.29, 0.717) is 17.5 Å². The van der Waals surface area contributed by atoms with E-state index < -0.39 is 0 Å². The molecule has 0 spiro atoms. The molecular formula is C12H15BrN2O. The Morgan fingerprint density at radius 3 is 3.12 bits per heavy atom. The second-order valence-corrected chi connectivity index (χ2v) is 5.17. The van der Waals surface area contributed by atoms with Crippen molar-refractivity contribution in [3.05, 3.63) is 28.5 Å². The predicted molar refractivity (Wildman–Crippen MR) is 66.2 cm³/mol. The first-order valence-corrected chi connectivity index (χ1v) is 6.41. The summed E-state index contributed by atoms with van der Waals surface area (Å²) in [7, 11) is 0. The van der Waals surface area contributed by atoms with E-state index in [4.69, 9.17) is 0 Å². The summed E-state index contributed by atoms with van der Waals surface area (Å²) in [6.45, 7) is 2.18. The summed E-state index contributed by atoms with van der Waals surface area (Å²) in [6, 6.07) is 2.17. The summed E-state index contributed by atoms with van der Waals surface area (Å²) in [4.78, 5) is 15.8. The summed E-state index contributed by atoms with van der Waals surface area (Å²) < 4.78 is 0.834. The van der Waals surface area contributed by atoms with Crippen LogP contribution in [0.4, 0.5) is 0 Å². The van der Waals surface area contributed by atoms with E-state index in [1.165, 1.54) is 12.8 Å². The van der Waals surface area contributed by atoms with E-state index in [-0.39, 0.29) is 5.91 Å². The molecule has 1 fully saturated rings. The predicted octanol–water partition coefficient (Wildman–Crippen LogP) is 2.76. The van der Waals surface area contributed by atoms with Crippen molar-refractivity contribution >= 4 is 21.8 Å². The van der Waals surface area contributed by atoms with Crippen LogP contribution in [0.15, 0.2) is 22.9 Å². The number of carbonyl (C=O) groups excluding carboxylic acids is 1. The molecule has 0 aromatic carbocycles. The molecule has 1 aliphatic rings. The van der Waals surface area contributed by atoms with Crippen molar-refractivity contribution in [2.45, 2.75) is 32.2 Å². The average Bonchev–Trinajstić information content (AvgIpc) is 2.97. The van der Waals surface area contributed by atoms with Crippen LogP contribution in [-0.2, 0) is 0 Å². The maximum atomic E-state index is 11.8. The Kier molecular flexibility index (Phi) is 3.59. The van der Waals surface area contributed by atoms with Crippen LogP contribution in [0.5, 0.6) is 0 Å². The second-order valence-electron chi connectivity index (χ2n) is 4.26. The van der Waals surface area contributed by atoms with E-state index in [9.17, 15) is 4.79 Å². The van der Waals surface area contributed by atoms with E-state index in [2.05, 4.69) is 33.2 Å². The minimum atomic E-state index is -0.0163. The minimum Gasteiger partial charge on any atom is -0.349 e. The first kappa shape index (κ1) is 11.6. The molecule has 1 aromatic rings. The van der Waals surface area contributed by atoms with E-state index in [1.807, 2.05) is 0 Å². The first-order chi connectivity index (χ1) is 7.70. The first-order valence-electron chi connectivity index (χ1n) is 5.62. The Morgan fingerprint density at radius 2 is 2.44 bits per heavy atom. The second kappa shape index (κ2) is 4.95. The highest BCUT2D eigenvalue weighted by molar-refractivity contribution is 9.10. The van der Waals surface area contributed by atoms with Crippen molar-refractivity contribution in [3.8, 4) is 0 Å². The third-order valence-corrected chi connectivity index (χ3v) is 3.30. The van der Waals surface area contributed by atoms with Crippen LogP contribution < -0.4 is 5.32 Å². The van der Waals surface area contributed by atoms with Gasteiger partial charge in [0.1, 0.15) is 0 Å². The fourth-order valence-electron chi connectivity index (χ4n) is 1.90. The number of aromatic nitrogens is 1. The third kappa shape index (κ3) is 2.82. The zero-order chi connectivity index (χ0) is 11.5. The van der Waals surface area contributed by atoms with E-state index in [1.54, 1.807) is 18.5 Å². The maximum absolute atomic E-state index is 11.8. The zero-order valence-corrected chi connectivity index (χ0v) is 10.8. The summed E-state index contributed by atoms with van der Waals surface area (Å²) >= 11 is 3.31. The quantitative estimate of drug-likeness (QED) is 0.923. The number of nitrogens with one attached hydrogen (secondary N) is 1. The number of amides is 1. The highest BCUT2D eigenvalue weighted by Gasteiger charge is 2.37. The molecule has 1 aromatic heterocycles. The third-order valence-electron chi connectivity index (χ3n) is 2.87. The molecule has 3 nitrogen and oxygen atoms in total. The SMILES string of the molecule is CCCC1CC1NC(=O)c1cncc(Br)c1. The molecule has 1 saturated carbocycles. The zero-order valence-electron chi connectivity index (χ0n) is 9.24. The largest absolute Gasteiger partial charge is 0.349 e. The van der Waals surface area contributed by atoms with Crippen LogP contribution in [-0.4, -0.2) is 16.9 Å². The van der Waals surface area contributed by atoms with E-state index in [0.717, 1.165) is 10.9 Å². The van der Waals surface area contributed by atoms with Gasteiger partial charge in [-0.1, -0.05) is 13.3 Å². The van der Waals surface area contributed by atoms with Crippen molar-refractivity contribution in [3.63, 3.8) is 0 Å². The molecule has 0 bridgehead atoms. The number of nitrogens with zero attached hydrogens (tertiary/aromatic N) is 1. The monoisotopic (exact) mass is 282 g/mol. The smallest absolute Gasteiger partial charge is 0.253 e. The molecular weight excluding hydrogens is 268 g/mol. The normalized spacial score (nSPS) is 22.9. The summed E-state index contributed by atoms with van der Waals surface area (Å²) in [6.07, 6.45) is 6.79. The van der Waals surface area contributed by atoms with Gasteiger partial charge in [-0.15, -0.1) is 0 Å². The number of carbonyl (C=O) groups is 1. The molecule has 0 saturated heterocycles. The standard InChI is InChI=1S/C12H15BrN2O/c1-2-3-8-5-11(8)15-12(16)9-4-10(13)7-14-6-9/h4,6-8,11H,2-3,5H2,1H3,(H,15,16). The maximum Gasteiger partial charge on any atom is 0.253 e. The minimum absolute atomic E-state index is 0.0163. The molecule has 1 N–H and O–H groups in total. The van der Waals surface area contributed by atoms with Gasteiger partial charge in [0.25, 0.3) is 5.91 Å². The van der Waals surface area contributed by atoms with Gasteiger partial charge in [-0.2, -0.15) is 0 Å². The fraction of sp³-hybridized carbons (Fsp3) is 0.500.